The van der Waals surface area contributed by atoms with E-state index in [4.69, 9.17) is 4.74 Å². The Kier molecular flexibility index (Phi) is 6.40. The molecule has 7 heteroatoms. The zero-order valence-corrected chi connectivity index (χ0v) is 19.0. The third kappa shape index (κ3) is 4.45. The van der Waals surface area contributed by atoms with Gasteiger partial charge in [-0.2, -0.15) is 0 Å². The monoisotopic (exact) mass is 450 g/mol. The molecule has 4 rings (SSSR count). The van der Waals surface area contributed by atoms with Gasteiger partial charge in [-0.1, -0.05) is 55.5 Å². The number of likely N-dealkylation sites (tertiary alicyclic amines) is 1. The van der Waals surface area contributed by atoms with Gasteiger partial charge in [-0.15, -0.1) is 0 Å². The zero-order valence-electron chi connectivity index (χ0n) is 19.0. The quantitative estimate of drug-likeness (QED) is 0.693. The zero-order chi connectivity index (χ0) is 23.6. The van der Waals surface area contributed by atoms with Gasteiger partial charge in [-0.05, 0) is 48.4 Å². The summed E-state index contributed by atoms with van der Waals surface area (Å²) in [6.07, 6.45) is 0.900. The van der Waals surface area contributed by atoms with Crippen LogP contribution in [0.1, 0.15) is 50.2 Å². The number of hydrogen-bond donors (Lipinski definition) is 2. The molecular formula is C26H30N2O5. The standard InChI is InChI=1S/C26H30N2O5/c1-3-22(23(29)28-14-8-13-26(2,16-28)24(30)31)27-25(32)33-15-21-19-11-6-4-9-17(19)18-10-5-7-12-20(18)21/h4-7,9-12,21-22H,3,8,13-16H2,1-2H3,(H,27,32)(H,30,31)/t22-,26?/m1/s1. The fraction of sp³-hybridized carbons (Fsp3) is 0.423. The van der Waals surface area contributed by atoms with E-state index in [9.17, 15) is 19.5 Å². The number of nitrogens with one attached hydrogen (secondary N) is 1. The molecule has 33 heavy (non-hydrogen) atoms. The van der Waals surface area contributed by atoms with Crippen LogP contribution >= 0.6 is 0 Å². The van der Waals surface area contributed by atoms with Gasteiger partial charge in [0, 0.05) is 19.0 Å². The molecule has 2 amide bonds. The molecule has 2 atom stereocenters. The Morgan fingerprint density at radius 3 is 2.30 bits per heavy atom. The molecule has 0 spiro atoms. The predicted molar refractivity (Wildman–Crippen MR) is 124 cm³/mol. The number of carboxylic acids is 1. The summed E-state index contributed by atoms with van der Waals surface area (Å²) in [7, 11) is 0. The third-order valence-electron chi connectivity index (χ3n) is 6.87. The van der Waals surface area contributed by atoms with Crippen molar-refractivity contribution in [1.82, 2.24) is 10.2 Å². The van der Waals surface area contributed by atoms with Crippen LogP contribution in [0.3, 0.4) is 0 Å². The van der Waals surface area contributed by atoms with Crippen molar-refractivity contribution >= 4 is 18.0 Å². The number of amides is 2. The molecule has 1 fully saturated rings. The molecule has 1 saturated heterocycles. The Labute approximate surface area is 193 Å². The number of hydrogen-bond acceptors (Lipinski definition) is 4. The lowest BCUT2D eigenvalue weighted by Gasteiger charge is -2.38. The molecule has 1 unspecified atom stereocenters. The molecule has 2 N–H and O–H groups in total. The van der Waals surface area contributed by atoms with Crippen LogP contribution < -0.4 is 5.32 Å². The summed E-state index contributed by atoms with van der Waals surface area (Å²) < 4.78 is 5.57. The largest absolute Gasteiger partial charge is 0.481 e. The minimum atomic E-state index is -0.962. The first kappa shape index (κ1) is 22.8. The molecule has 2 aromatic carbocycles. The molecule has 174 valence electrons. The fourth-order valence-corrected chi connectivity index (χ4v) is 4.94. The highest BCUT2D eigenvalue weighted by atomic mass is 16.5. The van der Waals surface area contributed by atoms with Crippen molar-refractivity contribution in [3.05, 3.63) is 59.7 Å². The lowest BCUT2D eigenvalue weighted by molar-refractivity contribution is -0.154. The highest BCUT2D eigenvalue weighted by Crippen LogP contribution is 2.44. The maximum atomic E-state index is 13.0. The first-order valence-electron chi connectivity index (χ1n) is 11.5. The minimum Gasteiger partial charge on any atom is -0.481 e. The van der Waals surface area contributed by atoms with Gasteiger partial charge in [0.15, 0.2) is 0 Å². The summed E-state index contributed by atoms with van der Waals surface area (Å²) in [6.45, 7) is 4.28. The lowest BCUT2D eigenvalue weighted by atomic mass is 9.82. The normalized spacial score (nSPS) is 20.5. The summed E-state index contributed by atoms with van der Waals surface area (Å²) >= 11 is 0. The van der Waals surface area contributed by atoms with E-state index < -0.39 is 23.5 Å². The van der Waals surface area contributed by atoms with Gasteiger partial charge in [-0.3, -0.25) is 9.59 Å². The van der Waals surface area contributed by atoms with Gasteiger partial charge in [0.25, 0.3) is 0 Å². The summed E-state index contributed by atoms with van der Waals surface area (Å²) in [4.78, 5) is 38.8. The Morgan fingerprint density at radius 2 is 1.73 bits per heavy atom. The molecule has 1 heterocycles. The van der Waals surface area contributed by atoms with E-state index in [0.29, 0.717) is 25.8 Å². The van der Waals surface area contributed by atoms with Crippen LogP contribution in [-0.4, -0.2) is 53.7 Å². The van der Waals surface area contributed by atoms with Crippen LogP contribution in [0.2, 0.25) is 0 Å². The fourth-order valence-electron chi connectivity index (χ4n) is 4.94. The SMILES string of the molecule is CC[C@@H](NC(=O)OCC1c2ccccc2-c2ccccc21)C(=O)N1CCCC(C)(C(=O)O)C1. The first-order valence-corrected chi connectivity index (χ1v) is 11.5. The van der Waals surface area contributed by atoms with Crippen molar-refractivity contribution in [2.45, 2.75) is 45.1 Å². The molecule has 0 bridgehead atoms. The van der Waals surface area contributed by atoms with Crippen molar-refractivity contribution in [2.75, 3.05) is 19.7 Å². The number of nitrogens with zero attached hydrogens (tertiary/aromatic N) is 1. The number of aliphatic carboxylic acids is 1. The maximum absolute atomic E-state index is 13.0. The first-order chi connectivity index (χ1) is 15.8. The molecule has 1 aliphatic carbocycles. The van der Waals surface area contributed by atoms with Gasteiger partial charge in [0.1, 0.15) is 12.6 Å². The molecule has 0 aromatic heterocycles. The minimum absolute atomic E-state index is 0.0581. The van der Waals surface area contributed by atoms with Crippen LogP contribution in [0, 0.1) is 5.41 Å². The van der Waals surface area contributed by atoms with Crippen LogP contribution in [0.25, 0.3) is 11.1 Å². The lowest BCUT2D eigenvalue weighted by Crippen LogP contribution is -2.54. The molecule has 2 aromatic rings. The Balaban J connectivity index is 1.39. The van der Waals surface area contributed by atoms with E-state index in [2.05, 4.69) is 29.6 Å². The second-order valence-corrected chi connectivity index (χ2v) is 9.16. The van der Waals surface area contributed by atoms with Crippen molar-refractivity contribution in [3.63, 3.8) is 0 Å². The topological polar surface area (TPSA) is 95.9 Å². The number of carboxylic acid groups (broad SMARTS) is 1. The van der Waals surface area contributed by atoms with E-state index in [1.165, 1.54) is 0 Å². The van der Waals surface area contributed by atoms with Gasteiger partial charge in [-0.25, -0.2) is 4.79 Å². The van der Waals surface area contributed by atoms with Crippen molar-refractivity contribution in [3.8, 4) is 11.1 Å². The smallest absolute Gasteiger partial charge is 0.407 e. The second kappa shape index (κ2) is 9.25. The summed E-state index contributed by atoms with van der Waals surface area (Å²) in [6, 6.07) is 15.5. The molecule has 0 saturated carbocycles. The Morgan fingerprint density at radius 1 is 1.12 bits per heavy atom. The van der Waals surface area contributed by atoms with Crippen molar-refractivity contribution in [1.29, 1.82) is 0 Å². The molecule has 7 nitrogen and oxygen atoms in total. The summed E-state index contributed by atoms with van der Waals surface area (Å²) in [5, 5.41) is 12.2. The average molecular weight is 451 g/mol. The highest BCUT2D eigenvalue weighted by molar-refractivity contribution is 5.87. The van der Waals surface area contributed by atoms with Crippen LogP contribution in [0.5, 0.6) is 0 Å². The second-order valence-electron chi connectivity index (χ2n) is 9.16. The van der Waals surface area contributed by atoms with E-state index >= 15 is 0 Å². The number of piperidine rings is 1. The Hall–Kier alpha value is -3.35. The number of benzene rings is 2. The van der Waals surface area contributed by atoms with Crippen LogP contribution in [-0.2, 0) is 14.3 Å². The third-order valence-corrected chi connectivity index (χ3v) is 6.87. The molecule has 0 radical (unpaired) electrons. The van der Waals surface area contributed by atoms with Crippen LogP contribution in [0.15, 0.2) is 48.5 Å². The Bertz CT molecular complexity index is 1020. The van der Waals surface area contributed by atoms with E-state index in [-0.39, 0.29) is 25.0 Å². The van der Waals surface area contributed by atoms with Crippen molar-refractivity contribution < 1.29 is 24.2 Å². The van der Waals surface area contributed by atoms with Gasteiger partial charge in [0.05, 0.1) is 5.41 Å². The number of fused-ring (bicyclic) bond motifs is 3. The number of ether oxygens (including phenoxy) is 1. The number of alkyl carbamates (subject to hydrolysis) is 1. The van der Waals surface area contributed by atoms with E-state index in [1.54, 1.807) is 11.8 Å². The maximum Gasteiger partial charge on any atom is 0.407 e. The van der Waals surface area contributed by atoms with E-state index in [1.807, 2.05) is 31.2 Å². The summed E-state index contributed by atoms with van der Waals surface area (Å²) in [5.41, 5.74) is 3.58. The average Bonchev–Trinajstić information content (AvgIpc) is 3.14. The number of rotatable bonds is 6. The molecular weight excluding hydrogens is 420 g/mol. The molecule has 1 aliphatic heterocycles. The number of carbonyl (C=O) groups excluding carboxylic acids is 2. The highest BCUT2D eigenvalue weighted by Gasteiger charge is 2.40. The number of carbonyl (C=O) groups is 3. The molecule has 2 aliphatic rings. The van der Waals surface area contributed by atoms with Crippen molar-refractivity contribution in [2.24, 2.45) is 5.41 Å². The summed E-state index contributed by atoms with van der Waals surface area (Å²) in [5.74, 6) is -1.23. The predicted octanol–water partition coefficient (Wildman–Crippen LogP) is 4.02. The van der Waals surface area contributed by atoms with Gasteiger partial charge < -0.3 is 20.1 Å². The van der Waals surface area contributed by atoms with Gasteiger partial charge >= 0.3 is 12.1 Å². The van der Waals surface area contributed by atoms with Gasteiger partial charge in [0.2, 0.25) is 5.91 Å². The van der Waals surface area contributed by atoms with E-state index in [0.717, 1.165) is 22.3 Å². The van der Waals surface area contributed by atoms with Crippen LogP contribution in [0.4, 0.5) is 4.79 Å².